The number of hydrogen-bond donors (Lipinski definition) is 0. The summed E-state index contributed by atoms with van der Waals surface area (Å²) in [5.74, 6) is 0. The van der Waals surface area contributed by atoms with Gasteiger partial charge in [-0.15, -0.1) is 0 Å². The molecule has 0 unspecified atom stereocenters. The van der Waals surface area contributed by atoms with Gasteiger partial charge >= 0.3 is 0 Å². The van der Waals surface area contributed by atoms with Gasteiger partial charge in [0.1, 0.15) is 5.58 Å². The molecule has 11 aromatic rings. The molecule has 1 heterocycles. The summed E-state index contributed by atoms with van der Waals surface area (Å²) in [6, 6.07) is 59.6. The Morgan fingerprint density at radius 1 is 0.333 bits per heavy atom. The highest BCUT2D eigenvalue weighted by atomic mass is 16.3. The van der Waals surface area contributed by atoms with Crippen LogP contribution in [0.25, 0.3) is 86.6 Å². The quantitative estimate of drug-likeness (QED) is 0.185. The minimum atomic E-state index is 0.882. The normalized spacial score (nSPS) is 12.2. The molecule has 1 aromatic heterocycles. The molecular weight excluding hydrogens is 583 g/mol. The third-order valence-corrected chi connectivity index (χ3v) is 10.3. The summed E-state index contributed by atoms with van der Waals surface area (Å²) in [6.45, 7) is 0. The molecule has 0 N–H and O–H groups in total. The molecule has 0 saturated heterocycles. The van der Waals surface area contributed by atoms with Gasteiger partial charge < -0.3 is 9.32 Å². The van der Waals surface area contributed by atoms with E-state index in [4.69, 9.17) is 4.42 Å². The minimum Gasteiger partial charge on any atom is -0.454 e. The predicted molar refractivity (Wildman–Crippen MR) is 205 cm³/mol. The van der Waals surface area contributed by atoms with E-state index >= 15 is 0 Å². The van der Waals surface area contributed by atoms with Gasteiger partial charge in [-0.25, -0.2) is 0 Å². The van der Waals surface area contributed by atoms with Crippen LogP contribution in [0.15, 0.2) is 168 Å². The molecule has 0 spiro atoms. The number of benzene rings is 9. The topological polar surface area (TPSA) is 16.4 Å². The van der Waals surface area contributed by atoms with E-state index in [9.17, 15) is 0 Å². The summed E-state index contributed by atoms with van der Waals surface area (Å²) in [4.78, 5) is 2.39. The van der Waals surface area contributed by atoms with Crippen LogP contribution in [0, 0.1) is 0 Å². The molecule has 222 valence electrons. The Kier molecular flexibility index (Phi) is 5.14. The van der Waals surface area contributed by atoms with E-state index in [1.807, 2.05) is 6.07 Å². The van der Waals surface area contributed by atoms with E-state index < -0.39 is 0 Å². The highest BCUT2D eigenvalue weighted by molar-refractivity contribution is 6.38. The third kappa shape index (κ3) is 3.41. The van der Waals surface area contributed by atoms with Crippen molar-refractivity contribution in [1.29, 1.82) is 0 Å². The van der Waals surface area contributed by atoms with Crippen LogP contribution in [-0.2, 0) is 0 Å². The van der Waals surface area contributed by atoms with Gasteiger partial charge in [0.05, 0.1) is 11.4 Å². The first-order valence-corrected chi connectivity index (χ1v) is 16.5. The van der Waals surface area contributed by atoms with Crippen molar-refractivity contribution in [1.82, 2.24) is 0 Å². The molecule has 0 saturated carbocycles. The van der Waals surface area contributed by atoms with E-state index in [0.717, 1.165) is 39.0 Å². The zero-order valence-corrected chi connectivity index (χ0v) is 25.9. The molecule has 10 aromatic carbocycles. The standard InChI is InChI=1S/C46H27NO/c1-2-14-31(15-3-1)47(39-23-10-21-37-32-16-4-5-24-41(32)48-46(37)39)40-27-30-13-8-19-34-33-17-6-11-28-25-26-29-12-7-18-35(43(29)42(28)33)36-20-9-22-38(40)45(36)44(30)34/h1-27H. The molecule has 0 amide bonds. The second-order valence-electron chi connectivity index (χ2n) is 12.8. The Labute approximate surface area is 276 Å². The first-order chi connectivity index (χ1) is 23.8. The Morgan fingerprint density at radius 3 is 1.58 bits per heavy atom. The van der Waals surface area contributed by atoms with Crippen LogP contribution in [0.4, 0.5) is 17.1 Å². The highest BCUT2D eigenvalue weighted by Gasteiger charge is 2.23. The summed E-state index contributed by atoms with van der Waals surface area (Å²) >= 11 is 0. The number of para-hydroxylation sites is 3. The van der Waals surface area contributed by atoms with Gasteiger partial charge in [-0.2, -0.15) is 0 Å². The average Bonchev–Trinajstić information content (AvgIpc) is 3.53. The summed E-state index contributed by atoms with van der Waals surface area (Å²) in [5, 5.41) is 17.5. The van der Waals surface area contributed by atoms with Gasteiger partial charge in [0.2, 0.25) is 0 Å². The van der Waals surface area contributed by atoms with Gasteiger partial charge in [-0.3, -0.25) is 0 Å². The molecule has 0 aliphatic heterocycles. The fraction of sp³-hybridized carbons (Fsp3) is 0. The molecule has 48 heavy (non-hydrogen) atoms. The van der Waals surface area contributed by atoms with Crippen LogP contribution in [0.2, 0.25) is 0 Å². The first-order valence-electron chi connectivity index (χ1n) is 16.5. The minimum absolute atomic E-state index is 0.882. The van der Waals surface area contributed by atoms with E-state index in [1.54, 1.807) is 0 Å². The van der Waals surface area contributed by atoms with Gasteiger partial charge in [-0.05, 0) is 84.2 Å². The van der Waals surface area contributed by atoms with Crippen molar-refractivity contribution in [3.63, 3.8) is 0 Å². The molecular formula is C46H27NO. The van der Waals surface area contributed by atoms with Gasteiger partial charge in [0.25, 0.3) is 0 Å². The molecule has 2 nitrogen and oxygen atoms in total. The van der Waals surface area contributed by atoms with Gasteiger partial charge in [0.15, 0.2) is 5.58 Å². The van der Waals surface area contributed by atoms with E-state index in [-0.39, 0.29) is 0 Å². The first kappa shape index (κ1) is 25.8. The fourth-order valence-electron chi connectivity index (χ4n) is 8.36. The molecule has 0 fully saturated rings. The number of rotatable bonds is 3. The summed E-state index contributed by atoms with van der Waals surface area (Å²) in [7, 11) is 0. The molecule has 0 aliphatic rings. The molecule has 0 atom stereocenters. The maximum absolute atomic E-state index is 6.67. The molecule has 0 radical (unpaired) electrons. The number of anilines is 3. The van der Waals surface area contributed by atoms with Crippen LogP contribution in [-0.4, -0.2) is 0 Å². The number of hydrogen-bond acceptors (Lipinski definition) is 2. The smallest absolute Gasteiger partial charge is 0.159 e. The lowest BCUT2D eigenvalue weighted by Gasteiger charge is -2.28. The second kappa shape index (κ2) is 9.57. The van der Waals surface area contributed by atoms with Crippen LogP contribution < -0.4 is 4.90 Å². The molecule has 2 heteroatoms. The number of fused-ring (bicyclic) bond motifs is 5. The number of nitrogens with zero attached hydrogens (tertiary/aromatic N) is 1. The molecule has 11 rings (SSSR count). The van der Waals surface area contributed by atoms with Crippen LogP contribution in [0.5, 0.6) is 0 Å². The van der Waals surface area contributed by atoms with Crippen molar-refractivity contribution in [3.05, 3.63) is 164 Å². The van der Waals surface area contributed by atoms with Crippen molar-refractivity contribution < 1.29 is 4.42 Å². The maximum Gasteiger partial charge on any atom is 0.159 e. The SMILES string of the molecule is c1ccc(N(c2cc3cccc4c5cccc6ccc7cccc(c8cccc2c8c34)c7c65)c2cccc3c2oc2ccccc23)cc1. The van der Waals surface area contributed by atoms with E-state index in [0.29, 0.717) is 0 Å². The summed E-state index contributed by atoms with van der Waals surface area (Å²) < 4.78 is 6.67. The Bertz CT molecular complexity index is 3060. The maximum atomic E-state index is 6.67. The zero-order valence-electron chi connectivity index (χ0n) is 25.9. The lowest BCUT2D eigenvalue weighted by Crippen LogP contribution is -2.11. The monoisotopic (exact) mass is 609 g/mol. The van der Waals surface area contributed by atoms with E-state index in [1.165, 1.54) is 64.6 Å². The van der Waals surface area contributed by atoms with E-state index in [2.05, 4.69) is 163 Å². The van der Waals surface area contributed by atoms with Crippen molar-refractivity contribution in [2.24, 2.45) is 0 Å². The lowest BCUT2D eigenvalue weighted by atomic mass is 9.87. The number of furan rings is 1. The lowest BCUT2D eigenvalue weighted by molar-refractivity contribution is 0.669. The van der Waals surface area contributed by atoms with Crippen molar-refractivity contribution in [2.45, 2.75) is 0 Å². The van der Waals surface area contributed by atoms with Crippen molar-refractivity contribution >= 4 is 104 Å². The van der Waals surface area contributed by atoms with Crippen LogP contribution in [0.1, 0.15) is 0 Å². The average molecular weight is 610 g/mol. The molecule has 0 bridgehead atoms. The third-order valence-electron chi connectivity index (χ3n) is 10.3. The Hall–Kier alpha value is -6.38. The Balaban J connectivity index is 1.37. The zero-order chi connectivity index (χ0) is 31.3. The van der Waals surface area contributed by atoms with Crippen LogP contribution >= 0.6 is 0 Å². The molecule has 0 aliphatic carbocycles. The second-order valence-corrected chi connectivity index (χ2v) is 12.8. The van der Waals surface area contributed by atoms with Crippen LogP contribution in [0.3, 0.4) is 0 Å². The summed E-state index contributed by atoms with van der Waals surface area (Å²) in [6.07, 6.45) is 0. The predicted octanol–water partition coefficient (Wildman–Crippen LogP) is 13.4. The highest BCUT2D eigenvalue weighted by Crippen LogP contribution is 2.49. The van der Waals surface area contributed by atoms with Crippen molar-refractivity contribution in [2.75, 3.05) is 4.90 Å². The fourth-order valence-corrected chi connectivity index (χ4v) is 8.36. The van der Waals surface area contributed by atoms with Crippen molar-refractivity contribution in [3.8, 4) is 0 Å². The Morgan fingerprint density at radius 2 is 0.854 bits per heavy atom. The van der Waals surface area contributed by atoms with Gasteiger partial charge in [0, 0.05) is 27.2 Å². The largest absolute Gasteiger partial charge is 0.454 e. The van der Waals surface area contributed by atoms with Gasteiger partial charge in [-0.1, -0.05) is 133 Å². The summed E-state index contributed by atoms with van der Waals surface area (Å²) in [5.41, 5.74) is 4.99.